The van der Waals surface area contributed by atoms with Gasteiger partial charge in [0.1, 0.15) is 11.5 Å². The number of methoxy groups -OCH3 is 1. The summed E-state index contributed by atoms with van der Waals surface area (Å²) in [7, 11) is 1.63. The Morgan fingerprint density at radius 2 is 1.83 bits per heavy atom. The first-order valence-corrected chi connectivity index (χ1v) is 7.64. The van der Waals surface area contributed by atoms with E-state index in [2.05, 4.69) is 5.32 Å². The van der Waals surface area contributed by atoms with Crippen LogP contribution in [0.1, 0.15) is 23.6 Å². The van der Waals surface area contributed by atoms with Crippen molar-refractivity contribution in [2.75, 3.05) is 7.11 Å². The molecule has 4 heteroatoms. The van der Waals surface area contributed by atoms with Gasteiger partial charge in [-0.3, -0.25) is 4.79 Å². The lowest BCUT2D eigenvalue weighted by Gasteiger charge is -2.17. The molecule has 0 spiro atoms. The quantitative estimate of drug-likeness (QED) is 0.889. The van der Waals surface area contributed by atoms with Crippen molar-refractivity contribution in [3.63, 3.8) is 0 Å². The highest BCUT2D eigenvalue weighted by Crippen LogP contribution is 2.21. The highest BCUT2D eigenvalue weighted by Gasteiger charge is 2.15. The molecule has 122 valence electrons. The number of hydrogen-bond donors (Lipinski definition) is 1. The van der Waals surface area contributed by atoms with Crippen LogP contribution in [0.15, 0.2) is 42.5 Å². The third kappa shape index (κ3) is 4.49. The Balaban J connectivity index is 1.90. The van der Waals surface area contributed by atoms with Crippen LogP contribution in [0.5, 0.6) is 11.5 Å². The Hall–Kier alpha value is -2.49. The highest BCUT2D eigenvalue weighted by atomic mass is 16.5. The molecule has 1 N–H and O–H groups in total. The molecule has 0 unspecified atom stereocenters. The number of amides is 1. The lowest BCUT2D eigenvalue weighted by atomic mass is 10.1. The molecule has 0 radical (unpaired) electrons. The number of ether oxygens (including phenoxy) is 2. The summed E-state index contributed by atoms with van der Waals surface area (Å²) < 4.78 is 10.9. The molecule has 23 heavy (non-hydrogen) atoms. The first kappa shape index (κ1) is 16.9. The minimum absolute atomic E-state index is 0.137. The van der Waals surface area contributed by atoms with E-state index in [4.69, 9.17) is 9.47 Å². The molecule has 4 nitrogen and oxygen atoms in total. The molecule has 1 atom stereocenters. The van der Waals surface area contributed by atoms with Gasteiger partial charge >= 0.3 is 0 Å². The summed E-state index contributed by atoms with van der Waals surface area (Å²) in [5, 5.41) is 2.89. The Morgan fingerprint density at radius 3 is 2.48 bits per heavy atom. The van der Waals surface area contributed by atoms with Crippen LogP contribution in [0.25, 0.3) is 0 Å². The SMILES string of the molecule is COc1ccc(CNC(=O)[C@H](C)Oc2cccc(C)c2C)cc1. The molecule has 0 aliphatic rings. The van der Waals surface area contributed by atoms with Crippen LogP contribution < -0.4 is 14.8 Å². The largest absolute Gasteiger partial charge is 0.497 e. The van der Waals surface area contributed by atoms with Crippen LogP contribution in [0, 0.1) is 13.8 Å². The van der Waals surface area contributed by atoms with E-state index in [9.17, 15) is 4.79 Å². The van der Waals surface area contributed by atoms with E-state index in [-0.39, 0.29) is 5.91 Å². The zero-order valence-corrected chi connectivity index (χ0v) is 14.1. The van der Waals surface area contributed by atoms with Gasteiger partial charge in [-0.05, 0) is 55.7 Å². The van der Waals surface area contributed by atoms with Gasteiger partial charge in [0, 0.05) is 6.54 Å². The van der Waals surface area contributed by atoms with Gasteiger partial charge in [-0.15, -0.1) is 0 Å². The molecule has 0 fully saturated rings. The normalized spacial score (nSPS) is 11.7. The minimum atomic E-state index is -0.547. The van der Waals surface area contributed by atoms with Crippen LogP contribution in [-0.2, 0) is 11.3 Å². The molecule has 0 aliphatic carbocycles. The van der Waals surface area contributed by atoms with Gasteiger partial charge in [0.25, 0.3) is 5.91 Å². The van der Waals surface area contributed by atoms with Gasteiger partial charge in [0.2, 0.25) is 0 Å². The molecule has 0 aliphatic heterocycles. The van der Waals surface area contributed by atoms with E-state index in [1.54, 1.807) is 14.0 Å². The Morgan fingerprint density at radius 1 is 1.13 bits per heavy atom. The highest BCUT2D eigenvalue weighted by molar-refractivity contribution is 5.80. The van der Waals surface area contributed by atoms with Gasteiger partial charge in [0.05, 0.1) is 7.11 Å². The van der Waals surface area contributed by atoms with Crippen molar-refractivity contribution in [1.29, 1.82) is 0 Å². The number of carbonyl (C=O) groups is 1. The van der Waals surface area contributed by atoms with E-state index < -0.39 is 6.10 Å². The zero-order valence-electron chi connectivity index (χ0n) is 14.1. The second-order valence-electron chi connectivity index (χ2n) is 5.52. The van der Waals surface area contributed by atoms with Crippen molar-refractivity contribution in [3.05, 3.63) is 59.2 Å². The Labute approximate surface area is 137 Å². The fourth-order valence-electron chi connectivity index (χ4n) is 2.17. The first-order valence-electron chi connectivity index (χ1n) is 7.64. The van der Waals surface area contributed by atoms with Crippen LogP contribution in [0.3, 0.4) is 0 Å². The van der Waals surface area contributed by atoms with E-state index in [0.717, 1.165) is 28.2 Å². The maximum absolute atomic E-state index is 12.2. The van der Waals surface area contributed by atoms with Gasteiger partial charge in [-0.25, -0.2) is 0 Å². The van der Waals surface area contributed by atoms with Gasteiger partial charge in [-0.2, -0.15) is 0 Å². The van der Waals surface area contributed by atoms with Crippen molar-refractivity contribution >= 4 is 5.91 Å². The second-order valence-corrected chi connectivity index (χ2v) is 5.52. The lowest BCUT2D eigenvalue weighted by molar-refractivity contribution is -0.127. The molecule has 0 saturated carbocycles. The molecule has 0 bridgehead atoms. The maximum Gasteiger partial charge on any atom is 0.261 e. The smallest absolute Gasteiger partial charge is 0.261 e. The van der Waals surface area contributed by atoms with E-state index in [1.807, 2.05) is 56.3 Å². The fraction of sp³-hybridized carbons (Fsp3) is 0.316. The molecule has 2 aromatic carbocycles. The lowest BCUT2D eigenvalue weighted by Crippen LogP contribution is -2.36. The Bertz CT molecular complexity index is 665. The molecule has 1 amide bonds. The average molecular weight is 313 g/mol. The van der Waals surface area contributed by atoms with Crippen LogP contribution >= 0.6 is 0 Å². The van der Waals surface area contributed by atoms with Gasteiger partial charge in [0.15, 0.2) is 6.10 Å². The third-order valence-corrected chi connectivity index (χ3v) is 3.85. The summed E-state index contributed by atoms with van der Waals surface area (Å²) in [4.78, 5) is 12.2. The summed E-state index contributed by atoms with van der Waals surface area (Å²) >= 11 is 0. The van der Waals surface area contributed by atoms with E-state index in [0.29, 0.717) is 6.54 Å². The number of carbonyl (C=O) groups excluding carboxylic acids is 1. The standard InChI is InChI=1S/C19H23NO3/c1-13-6-5-7-18(14(13)2)23-15(3)19(21)20-12-16-8-10-17(22-4)11-9-16/h5-11,15H,12H2,1-4H3,(H,20,21)/t15-/m0/s1. The summed E-state index contributed by atoms with van der Waals surface area (Å²) in [5.74, 6) is 1.41. The first-order chi connectivity index (χ1) is 11.0. The molecule has 0 heterocycles. The number of nitrogens with one attached hydrogen (secondary N) is 1. The monoisotopic (exact) mass is 313 g/mol. The predicted octanol–water partition coefficient (Wildman–Crippen LogP) is 3.40. The molecule has 0 saturated heterocycles. The second kappa shape index (κ2) is 7.68. The number of rotatable bonds is 6. The fourth-order valence-corrected chi connectivity index (χ4v) is 2.17. The molecular formula is C19H23NO3. The van der Waals surface area contributed by atoms with Gasteiger partial charge in [-0.1, -0.05) is 24.3 Å². The molecule has 2 rings (SSSR count). The summed E-state index contributed by atoms with van der Waals surface area (Å²) in [6.45, 7) is 6.23. The van der Waals surface area contributed by atoms with Crippen molar-refractivity contribution in [2.24, 2.45) is 0 Å². The molecule has 2 aromatic rings. The minimum Gasteiger partial charge on any atom is -0.497 e. The number of aryl methyl sites for hydroxylation is 1. The summed E-state index contributed by atoms with van der Waals surface area (Å²) in [6, 6.07) is 13.4. The van der Waals surface area contributed by atoms with Crippen LogP contribution in [-0.4, -0.2) is 19.1 Å². The number of hydrogen-bond acceptors (Lipinski definition) is 3. The van der Waals surface area contributed by atoms with Crippen LogP contribution in [0.2, 0.25) is 0 Å². The van der Waals surface area contributed by atoms with Gasteiger partial charge < -0.3 is 14.8 Å². The summed E-state index contributed by atoms with van der Waals surface area (Å²) in [5.41, 5.74) is 3.22. The van der Waals surface area contributed by atoms with Crippen molar-refractivity contribution in [3.8, 4) is 11.5 Å². The predicted molar refractivity (Wildman–Crippen MR) is 90.8 cm³/mol. The number of benzene rings is 2. The van der Waals surface area contributed by atoms with Crippen molar-refractivity contribution in [1.82, 2.24) is 5.32 Å². The molecular weight excluding hydrogens is 290 g/mol. The zero-order chi connectivity index (χ0) is 16.8. The van der Waals surface area contributed by atoms with Crippen molar-refractivity contribution in [2.45, 2.75) is 33.4 Å². The topological polar surface area (TPSA) is 47.6 Å². The third-order valence-electron chi connectivity index (χ3n) is 3.85. The maximum atomic E-state index is 12.2. The summed E-state index contributed by atoms with van der Waals surface area (Å²) in [6.07, 6.45) is -0.547. The van der Waals surface area contributed by atoms with E-state index >= 15 is 0 Å². The average Bonchev–Trinajstić information content (AvgIpc) is 2.57. The Kier molecular flexibility index (Phi) is 5.63. The van der Waals surface area contributed by atoms with E-state index in [1.165, 1.54) is 0 Å². The van der Waals surface area contributed by atoms with Crippen LogP contribution in [0.4, 0.5) is 0 Å². The molecule has 0 aromatic heterocycles. The van der Waals surface area contributed by atoms with Crippen molar-refractivity contribution < 1.29 is 14.3 Å².